The van der Waals surface area contributed by atoms with Gasteiger partial charge in [0.25, 0.3) is 5.91 Å². The molecule has 1 aromatic heterocycles. The van der Waals surface area contributed by atoms with Crippen LogP contribution in [-0.4, -0.2) is 10.5 Å². The van der Waals surface area contributed by atoms with E-state index in [0.717, 1.165) is 0 Å². The molecule has 2 rings (SSSR count). The van der Waals surface area contributed by atoms with E-state index < -0.39 is 0 Å². The van der Waals surface area contributed by atoms with Gasteiger partial charge in [-0.15, -0.1) is 0 Å². The zero-order chi connectivity index (χ0) is 14.0. The monoisotopic (exact) mass is 261 g/mol. The summed E-state index contributed by atoms with van der Waals surface area (Å²) in [6.45, 7) is 4.23. The summed E-state index contributed by atoms with van der Waals surface area (Å²) in [6.07, 6.45) is 1.70. The first-order valence-corrected chi connectivity index (χ1v) is 6.04. The Bertz CT molecular complexity index is 619. The Balaban J connectivity index is 2.22. The van der Waals surface area contributed by atoms with Gasteiger partial charge in [0.15, 0.2) is 0 Å². The number of benzene rings is 1. The van der Waals surface area contributed by atoms with Gasteiger partial charge in [0.05, 0.1) is 5.69 Å². The van der Waals surface area contributed by atoms with Gasteiger partial charge in [-0.25, -0.2) is 4.39 Å². The molecule has 2 aromatic rings. The highest BCUT2D eigenvalue weighted by Gasteiger charge is 2.12. The van der Waals surface area contributed by atoms with Crippen molar-refractivity contribution in [3.05, 3.63) is 47.5 Å². The maximum atomic E-state index is 13.4. The average Bonchev–Trinajstić information content (AvgIpc) is 2.75. The fourth-order valence-corrected chi connectivity index (χ4v) is 1.85. The Labute approximate surface area is 111 Å². The molecule has 0 fully saturated rings. The molecule has 100 valence electrons. The first kappa shape index (κ1) is 13.1. The molecule has 0 saturated heterocycles. The Kier molecular flexibility index (Phi) is 3.55. The number of nitrogens with zero attached hydrogens (tertiary/aromatic N) is 1. The lowest BCUT2D eigenvalue weighted by atomic mass is 10.2. The number of aryl methyl sites for hydroxylation is 2. The summed E-state index contributed by atoms with van der Waals surface area (Å²) in [5.41, 5.74) is 7.63. The normalized spacial score (nSPS) is 10.5. The third kappa shape index (κ3) is 2.76. The SMILES string of the molecule is CCn1cc(N)cc1C(=O)Nc1ccc(C)c(F)c1. The lowest BCUT2D eigenvalue weighted by Crippen LogP contribution is -2.16. The van der Waals surface area contributed by atoms with E-state index in [1.54, 1.807) is 35.9 Å². The van der Waals surface area contributed by atoms with E-state index in [9.17, 15) is 9.18 Å². The van der Waals surface area contributed by atoms with Crippen LogP contribution in [0.2, 0.25) is 0 Å². The van der Waals surface area contributed by atoms with Gasteiger partial charge in [-0.2, -0.15) is 0 Å². The number of carbonyl (C=O) groups is 1. The van der Waals surface area contributed by atoms with Crippen LogP contribution >= 0.6 is 0 Å². The minimum Gasteiger partial charge on any atom is -0.397 e. The fourth-order valence-electron chi connectivity index (χ4n) is 1.85. The standard InChI is InChI=1S/C14H16FN3O/c1-3-18-8-10(16)6-13(18)14(19)17-11-5-4-9(2)12(15)7-11/h4-8H,3,16H2,1-2H3,(H,17,19). The van der Waals surface area contributed by atoms with Crippen molar-refractivity contribution in [3.8, 4) is 0 Å². The molecule has 0 unspecified atom stereocenters. The molecule has 5 heteroatoms. The van der Waals surface area contributed by atoms with Crippen LogP contribution in [0.3, 0.4) is 0 Å². The molecule has 0 aliphatic rings. The smallest absolute Gasteiger partial charge is 0.272 e. The van der Waals surface area contributed by atoms with Crippen molar-refractivity contribution < 1.29 is 9.18 Å². The van der Waals surface area contributed by atoms with Gasteiger partial charge in [0, 0.05) is 18.4 Å². The molecule has 19 heavy (non-hydrogen) atoms. The summed E-state index contributed by atoms with van der Waals surface area (Å²) in [7, 11) is 0. The van der Waals surface area contributed by atoms with Crippen LogP contribution in [0.15, 0.2) is 30.5 Å². The summed E-state index contributed by atoms with van der Waals surface area (Å²) in [5.74, 6) is -0.648. The van der Waals surface area contributed by atoms with Crippen molar-refractivity contribution in [2.45, 2.75) is 20.4 Å². The Hall–Kier alpha value is -2.30. The topological polar surface area (TPSA) is 60.0 Å². The number of amides is 1. The van der Waals surface area contributed by atoms with Gasteiger partial charge >= 0.3 is 0 Å². The van der Waals surface area contributed by atoms with Crippen LogP contribution in [0.4, 0.5) is 15.8 Å². The van der Waals surface area contributed by atoms with Crippen LogP contribution in [0.25, 0.3) is 0 Å². The van der Waals surface area contributed by atoms with Gasteiger partial charge in [-0.05, 0) is 37.6 Å². The number of hydrogen-bond donors (Lipinski definition) is 2. The van der Waals surface area contributed by atoms with Gasteiger partial charge < -0.3 is 15.6 Å². The molecule has 4 nitrogen and oxygen atoms in total. The first-order chi connectivity index (χ1) is 9.01. The second kappa shape index (κ2) is 5.14. The predicted octanol–water partition coefficient (Wildman–Crippen LogP) is 2.79. The Morgan fingerprint density at radius 3 is 2.79 bits per heavy atom. The Morgan fingerprint density at radius 1 is 1.42 bits per heavy atom. The fraction of sp³-hybridized carbons (Fsp3) is 0.214. The summed E-state index contributed by atoms with van der Waals surface area (Å²) in [5, 5.41) is 2.66. The zero-order valence-corrected chi connectivity index (χ0v) is 10.9. The summed E-state index contributed by atoms with van der Waals surface area (Å²) in [6, 6.07) is 6.19. The number of nitrogens with two attached hydrogens (primary N) is 1. The minimum atomic E-state index is -0.344. The Morgan fingerprint density at radius 2 is 2.16 bits per heavy atom. The molecule has 0 aliphatic heterocycles. The lowest BCUT2D eigenvalue weighted by molar-refractivity contribution is 0.101. The van der Waals surface area contributed by atoms with E-state index in [1.165, 1.54) is 6.07 Å². The quantitative estimate of drug-likeness (QED) is 0.892. The predicted molar refractivity (Wildman–Crippen MR) is 73.6 cm³/mol. The number of nitrogen functional groups attached to an aromatic ring is 1. The molecule has 1 amide bonds. The van der Waals surface area contributed by atoms with Crippen LogP contribution < -0.4 is 11.1 Å². The molecule has 0 bridgehead atoms. The molecule has 0 spiro atoms. The van der Waals surface area contributed by atoms with Crippen molar-refractivity contribution in [1.82, 2.24) is 4.57 Å². The number of halogens is 1. The van der Waals surface area contributed by atoms with E-state index >= 15 is 0 Å². The molecule has 0 atom stereocenters. The maximum absolute atomic E-state index is 13.4. The lowest BCUT2D eigenvalue weighted by Gasteiger charge is -2.08. The van der Waals surface area contributed by atoms with E-state index in [2.05, 4.69) is 5.32 Å². The molecular formula is C14H16FN3O. The molecular weight excluding hydrogens is 245 g/mol. The second-order valence-corrected chi connectivity index (χ2v) is 4.36. The van der Waals surface area contributed by atoms with E-state index in [1.807, 2.05) is 6.92 Å². The second-order valence-electron chi connectivity index (χ2n) is 4.36. The number of hydrogen-bond acceptors (Lipinski definition) is 2. The third-order valence-electron chi connectivity index (χ3n) is 2.92. The third-order valence-corrected chi connectivity index (χ3v) is 2.92. The highest BCUT2D eigenvalue weighted by Crippen LogP contribution is 2.16. The summed E-state index contributed by atoms with van der Waals surface area (Å²) < 4.78 is 15.2. The number of carbonyl (C=O) groups excluding carboxylic acids is 1. The summed E-state index contributed by atoms with van der Waals surface area (Å²) >= 11 is 0. The van der Waals surface area contributed by atoms with Crippen molar-refractivity contribution in [2.75, 3.05) is 11.1 Å². The number of nitrogens with one attached hydrogen (secondary N) is 1. The molecule has 1 heterocycles. The maximum Gasteiger partial charge on any atom is 0.272 e. The van der Waals surface area contributed by atoms with E-state index in [-0.39, 0.29) is 11.7 Å². The average molecular weight is 261 g/mol. The minimum absolute atomic E-state index is 0.304. The van der Waals surface area contributed by atoms with Crippen molar-refractivity contribution in [1.29, 1.82) is 0 Å². The highest BCUT2D eigenvalue weighted by atomic mass is 19.1. The number of aromatic nitrogens is 1. The van der Waals surface area contributed by atoms with Crippen molar-refractivity contribution >= 4 is 17.3 Å². The number of rotatable bonds is 3. The van der Waals surface area contributed by atoms with Gasteiger partial charge in [0.1, 0.15) is 11.5 Å². The molecule has 3 N–H and O–H groups in total. The zero-order valence-electron chi connectivity index (χ0n) is 10.9. The van der Waals surface area contributed by atoms with Crippen LogP contribution in [-0.2, 0) is 6.54 Å². The van der Waals surface area contributed by atoms with Gasteiger partial charge in [-0.1, -0.05) is 6.07 Å². The van der Waals surface area contributed by atoms with Crippen molar-refractivity contribution in [2.24, 2.45) is 0 Å². The molecule has 0 aliphatic carbocycles. The molecule has 0 saturated carbocycles. The summed E-state index contributed by atoms with van der Waals surface area (Å²) in [4.78, 5) is 12.1. The largest absolute Gasteiger partial charge is 0.397 e. The van der Waals surface area contributed by atoms with E-state index in [0.29, 0.717) is 29.2 Å². The van der Waals surface area contributed by atoms with Crippen molar-refractivity contribution in [3.63, 3.8) is 0 Å². The number of anilines is 2. The highest BCUT2D eigenvalue weighted by molar-refractivity contribution is 6.03. The molecule has 0 radical (unpaired) electrons. The van der Waals surface area contributed by atoms with Crippen LogP contribution in [0.1, 0.15) is 23.0 Å². The van der Waals surface area contributed by atoms with Crippen LogP contribution in [0.5, 0.6) is 0 Å². The van der Waals surface area contributed by atoms with Crippen LogP contribution in [0, 0.1) is 12.7 Å². The first-order valence-electron chi connectivity index (χ1n) is 6.04. The van der Waals surface area contributed by atoms with Gasteiger partial charge in [-0.3, -0.25) is 4.79 Å². The molecule has 1 aromatic carbocycles. The van der Waals surface area contributed by atoms with E-state index in [4.69, 9.17) is 5.73 Å². The van der Waals surface area contributed by atoms with Gasteiger partial charge in [0.2, 0.25) is 0 Å².